The van der Waals surface area contributed by atoms with Crippen LogP contribution in [0.3, 0.4) is 0 Å². The minimum atomic E-state index is -0.234. The van der Waals surface area contributed by atoms with Crippen LogP contribution in [0.5, 0.6) is 0 Å². The van der Waals surface area contributed by atoms with Crippen LogP contribution >= 0.6 is 0 Å². The van der Waals surface area contributed by atoms with Crippen molar-refractivity contribution in [2.24, 2.45) is 0 Å². The summed E-state index contributed by atoms with van der Waals surface area (Å²) in [4.78, 5) is 10.1. The van der Waals surface area contributed by atoms with E-state index >= 15 is 0 Å². The van der Waals surface area contributed by atoms with Crippen LogP contribution in [0.4, 0.5) is 0 Å². The first-order chi connectivity index (χ1) is 3.31. The van der Waals surface area contributed by atoms with Crippen molar-refractivity contribution in [2.75, 3.05) is 6.61 Å². The van der Waals surface area contributed by atoms with Crippen LogP contribution in [-0.2, 0) is 29.0 Å². The minimum absolute atomic E-state index is 0. The molecule has 0 fully saturated rings. The Kier molecular flexibility index (Phi) is 9.72. The van der Waals surface area contributed by atoms with Crippen LogP contribution in [0.25, 0.3) is 0 Å². The Morgan fingerprint density at radius 1 is 1.75 bits per heavy atom. The molecule has 0 heterocycles. The van der Waals surface area contributed by atoms with E-state index in [1.165, 1.54) is 0 Å². The summed E-state index contributed by atoms with van der Waals surface area (Å²) in [5.74, 6) is -0.234. The Labute approximate surface area is 62.4 Å². The zero-order valence-electron chi connectivity index (χ0n) is 5.14. The zero-order chi connectivity index (χ0) is 5.70. The second-order valence-corrected chi connectivity index (χ2v) is 1.06. The summed E-state index contributed by atoms with van der Waals surface area (Å²) < 4.78 is 4.49. The maximum Gasteiger partial charge on any atom is 0.305 e. The average molecular weight is 167 g/mol. The second-order valence-electron chi connectivity index (χ2n) is 1.06. The molecule has 0 aromatic rings. The Bertz CT molecular complexity index is 63.4. The molecule has 0 saturated heterocycles. The first-order valence-corrected chi connectivity index (χ1v) is 2.26. The molecule has 0 unspecified atom stereocenters. The predicted octanol–water partition coefficient (Wildman–Crippen LogP) is 0.771. The van der Waals surface area contributed by atoms with Gasteiger partial charge in [-0.15, -0.1) is 0 Å². The minimum Gasteiger partial charge on any atom is -0.466 e. The first kappa shape index (κ1) is 11.0. The number of esters is 1. The third kappa shape index (κ3) is 6.09. The van der Waals surface area contributed by atoms with Crippen molar-refractivity contribution >= 4 is 5.97 Å². The summed E-state index contributed by atoms with van der Waals surface area (Å²) in [5, 5.41) is 0. The van der Waals surface area contributed by atoms with Crippen LogP contribution in [0, 0.1) is 6.92 Å². The fourth-order valence-electron chi connectivity index (χ4n) is 0.233. The number of ether oxygens (including phenoxy) is 1. The third-order valence-corrected chi connectivity index (χ3v) is 0.509. The van der Waals surface area contributed by atoms with Crippen molar-refractivity contribution in [1.82, 2.24) is 0 Å². The number of carbonyl (C=O) groups excluding carboxylic acids is 1. The Hall–Kier alpha value is 0.0934. The first-order valence-electron chi connectivity index (χ1n) is 2.26. The van der Waals surface area contributed by atoms with Gasteiger partial charge in [0.05, 0.1) is 6.61 Å². The van der Waals surface area contributed by atoms with E-state index < -0.39 is 0 Å². The summed E-state index contributed by atoms with van der Waals surface area (Å²) in [6.07, 6.45) is 0.230. The molecular weight excluding hydrogens is 157 g/mol. The van der Waals surface area contributed by atoms with Crippen molar-refractivity contribution in [3.63, 3.8) is 0 Å². The van der Waals surface area contributed by atoms with E-state index in [-0.39, 0.29) is 31.9 Å². The van der Waals surface area contributed by atoms with Gasteiger partial charge in [-0.25, -0.2) is 0 Å². The summed E-state index contributed by atoms with van der Waals surface area (Å²) in [5.41, 5.74) is 0. The van der Waals surface area contributed by atoms with E-state index in [4.69, 9.17) is 0 Å². The average Bonchev–Trinajstić information content (AvgIpc) is 1.68. The van der Waals surface area contributed by atoms with Crippen LogP contribution in [0.1, 0.15) is 13.3 Å². The van der Waals surface area contributed by atoms with E-state index in [0.29, 0.717) is 6.61 Å². The third-order valence-electron chi connectivity index (χ3n) is 0.509. The van der Waals surface area contributed by atoms with E-state index in [9.17, 15) is 4.79 Å². The van der Waals surface area contributed by atoms with E-state index in [2.05, 4.69) is 11.7 Å². The molecule has 0 aromatic heterocycles. The molecule has 0 aromatic carbocycles. The van der Waals surface area contributed by atoms with Gasteiger partial charge in [-0.05, 0) is 13.8 Å². The molecule has 43 valence electrons. The summed E-state index contributed by atoms with van der Waals surface area (Å²) >= 11 is 0. The van der Waals surface area contributed by atoms with Gasteiger partial charge in [-0.3, -0.25) is 4.79 Å². The molecule has 0 saturated carbocycles. The fourth-order valence-corrected chi connectivity index (χ4v) is 0.233. The van der Waals surface area contributed by atoms with Crippen molar-refractivity contribution in [3.8, 4) is 0 Å². The SMILES string of the molecule is [CH2]CC(=O)OCC.[Zn]. The fraction of sp³-hybridized carbons (Fsp3) is 0.600. The molecule has 8 heavy (non-hydrogen) atoms. The molecule has 0 rings (SSSR count). The van der Waals surface area contributed by atoms with Gasteiger partial charge in [0, 0.05) is 25.9 Å². The summed E-state index contributed by atoms with van der Waals surface area (Å²) in [7, 11) is 0. The van der Waals surface area contributed by atoms with Gasteiger partial charge < -0.3 is 4.74 Å². The number of hydrogen-bond donors (Lipinski definition) is 0. The van der Waals surface area contributed by atoms with Crippen molar-refractivity contribution in [3.05, 3.63) is 6.92 Å². The monoisotopic (exact) mass is 165 g/mol. The van der Waals surface area contributed by atoms with Crippen LogP contribution < -0.4 is 0 Å². The number of hydrogen-bond acceptors (Lipinski definition) is 2. The summed E-state index contributed by atoms with van der Waals surface area (Å²) in [6, 6.07) is 0. The van der Waals surface area contributed by atoms with Gasteiger partial charge in [0.2, 0.25) is 0 Å². The molecule has 0 amide bonds. The normalized spacial score (nSPS) is 7.25. The van der Waals surface area contributed by atoms with Gasteiger partial charge in [0.15, 0.2) is 0 Å². The molecule has 3 heteroatoms. The molecule has 0 bridgehead atoms. The Morgan fingerprint density at radius 3 is 2.38 bits per heavy atom. The van der Waals surface area contributed by atoms with Crippen molar-refractivity contribution in [1.29, 1.82) is 0 Å². The summed E-state index contributed by atoms with van der Waals surface area (Å²) in [6.45, 7) is 5.55. The van der Waals surface area contributed by atoms with Gasteiger partial charge >= 0.3 is 5.97 Å². The van der Waals surface area contributed by atoms with Crippen LogP contribution in [0.15, 0.2) is 0 Å². The van der Waals surface area contributed by atoms with Gasteiger partial charge in [-0.2, -0.15) is 0 Å². The van der Waals surface area contributed by atoms with Crippen molar-refractivity contribution in [2.45, 2.75) is 13.3 Å². The van der Waals surface area contributed by atoms with Crippen LogP contribution in [0.2, 0.25) is 0 Å². The van der Waals surface area contributed by atoms with Crippen molar-refractivity contribution < 1.29 is 29.0 Å². The smallest absolute Gasteiger partial charge is 0.305 e. The molecule has 0 aliphatic heterocycles. The number of carbonyl (C=O) groups is 1. The molecule has 0 spiro atoms. The quantitative estimate of drug-likeness (QED) is 0.448. The standard InChI is InChI=1S/C5H9O2.Zn/c1-3-5(6)7-4-2;/h1,3-4H2,2H3;. The predicted molar refractivity (Wildman–Crippen MR) is 26.6 cm³/mol. The molecular formula is C5H9O2Zn. The maximum atomic E-state index is 10.1. The van der Waals surface area contributed by atoms with E-state index in [1.54, 1.807) is 6.92 Å². The largest absolute Gasteiger partial charge is 0.466 e. The van der Waals surface area contributed by atoms with Gasteiger partial charge in [-0.1, -0.05) is 0 Å². The molecule has 0 aliphatic carbocycles. The molecule has 0 N–H and O–H groups in total. The second kappa shape index (κ2) is 7.09. The molecule has 0 aliphatic rings. The van der Waals surface area contributed by atoms with Gasteiger partial charge in [0.1, 0.15) is 0 Å². The molecule has 1 radical (unpaired) electrons. The zero-order valence-corrected chi connectivity index (χ0v) is 8.11. The molecule has 0 atom stereocenters. The topological polar surface area (TPSA) is 26.3 Å². The van der Waals surface area contributed by atoms with Gasteiger partial charge in [0.25, 0.3) is 0 Å². The Balaban J connectivity index is 0. The van der Waals surface area contributed by atoms with Crippen LogP contribution in [-0.4, -0.2) is 12.6 Å². The number of rotatable bonds is 2. The van der Waals surface area contributed by atoms with E-state index in [0.717, 1.165) is 0 Å². The Morgan fingerprint density at radius 2 is 2.25 bits per heavy atom. The van der Waals surface area contributed by atoms with E-state index in [1.807, 2.05) is 0 Å². The molecule has 2 nitrogen and oxygen atoms in total. The maximum absolute atomic E-state index is 10.1.